The third kappa shape index (κ3) is 2.51. The number of rotatable bonds is 3. The molecule has 1 aliphatic rings. The number of hydrogen-bond donors (Lipinski definition) is 2. The molecule has 5 heteroatoms. The number of piperidine rings is 1. The first-order chi connectivity index (χ1) is 8.65. The van der Waals surface area contributed by atoms with Crippen molar-refractivity contribution in [2.75, 3.05) is 25.4 Å². The minimum atomic E-state index is 0.0462. The molecule has 0 spiro atoms. The minimum Gasteiger partial charge on any atom is -0.397 e. The number of nitrogen functional groups attached to an aromatic ring is 1. The number of hydrogen-bond acceptors (Lipinski definition) is 3. The van der Waals surface area contributed by atoms with Crippen LogP contribution in [-0.4, -0.2) is 40.2 Å². The maximum absolute atomic E-state index is 12.4. The largest absolute Gasteiger partial charge is 0.397 e. The van der Waals surface area contributed by atoms with Gasteiger partial charge in [0.1, 0.15) is 5.69 Å². The molecule has 0 saturated carbocycles. The van der Waals surface area contributed by atoms with Gasteiger partial charge < -0.3 is 20.3 Å². The van der Waals surface area contributed by atoms with Gasteiger partial charge in [-0.1, -0.05) is 0 Å². The van der Waals surface area contributed by atoms with Gasteiger partial charge >= 0.3 is 0 Å². The lowest BCUT2D eigenvalue weighted by Gasteiger charge is -2.31. The van der Waals surface area contributed by atoms with E-state index in [0.29, 0.717) is 17.3 Å². The average molecular weight is 251 g/mol. The van der Waals surface area contributed by atoms with Gasteiger partial charge in [0.2, 0.25) is 0 Å². The second kappa shape index (κ2) is 5.44. The van der Waals surface area contributed by atoms with Crippen LogP contribution in [0.2, 0.25) is 0 Å². The monoisotopic (exact) mass is 251 g/mol. The zero-order valence-corrected chi connectivity index (χ0v) is 10.8. The van der Waals surface area contributed by atoms with E-state index in [2.05, 4.69) is 0 Å². The molecule has 0 aliphatic carbocycles. The number of aliphatic hydroxyl groups is 1. The van der Waals surface area contributed by atoms with Crippen LogP contribution in [-0.2, 0) is 6.54 Å². The highest BCUT2D eigenvalue weighted by Crippen LogP contribution is 2.20. The number of nitrogens with two attached hydrogens (primary N) is 1. The fourth-order valence-electron chi connectivity index (χ4n) is 2.45. The Kier molecular flexibility index (Phi) is 3.91. The summed E-state index contributed by atoms with van der Waals surface area (Å²) in [5.74, 6) is 0.391. The van der Waals surface area contributed by atoms with Crippen LogP contribution in [0.4, 0.5) is 5.69 Å². The molecule has 1 aliphatic heterocycles. The summed E-state index contributed by atoms with van der Waals surface area (Å²) in [4.78, 5) is 14.2. The maximum Gasteiger partial charge on any atom is 0.270 e. The van der Waals surface area contributed by atoms with Gasteiger partial charge in [-0.25, -0.2) is 0 Å². The molecular formula is C13H21N3O2. The Morgan fingerprint density at radius 2 is 2.17 bits per heavy atom. The SMILES string of the molecule is CCn1cc(N)cc1C(=O)N1CCC(CO)CC1. The third-order valence-electron chi connectivity index (χ3n) is 3.64. The van der Waals surface area contributed by atoms with E-state index in [4.69, 9.17) is 10.8 Å². The lowest BCUT2D eigenvalue weighted by atomic mass is 9.98. The number of likely N-dealkylation sites (tertiary alicyclic amines) is 1. The van der Waals surface area contributed by atoms with Crippen LogP contribution < -0.4 is 5.73 Å². The number of aromatic nitrogens is 1. The van der Waals surface area contributed by atoms with Gasteiger partial charge in [-0.3, -0.25) is 4.79 Å². The molecule has 5 nitrogen and oxygen atoms in total. The van der Waals surface area contributed by atoms with Crippen molar-refractivity contribution in [3.8, 4) is 0 Å². The summed E-state index contributed by atoms with van der Waals surface area (Å²) in [6.07, 6.45) is 3.56. The Morgan fingerprint density at radius 1 is 1.50 bits per heavy atom. The summed E-state index contributed by atoms with van der Waals surface area (Å²) in [5.41, 5.74) is 7.04. The fourth-order valence-corrected chi connectivity index (χ4v) is 2.45. The van der Waals surface area contributed by atoms with Crippen LogP contribution in [0, 0.1) is 5.92 Å². The highest BCUT2D eigenvalue weighted by atomic mass is 16.3. The van der Waals surface area contributed by atoms with E-state index in [9.17, 15) is 4.79 Å². The zero-order valence-electron chi connectivity index (χ0n) is 10.8. The average Bonchev–Trinajstić information content (AvgIpc) is 2.79. The summed E-state index contributed by atoms with van der Waals surface area (Å²) in [5, 5.41) is 9.09. The van der Waals surface area contributed by atoms with Crippen molar-refractivity contribution >= 4 is 11.6 Å². The normalized spacial score (nSPS) is 17.1. The van der Waals surface area contributed by atoms with Gasteiger partial charge in [0.25, 0.3) is 5.91 Å². The molecule has 18 heavy (non-hydrogen) atoms. The molecule has 1 aromatic rings. The first-order valence-corrected chi connectivity index (χ1v) is 6.51. The predicted molar refractivity (Wildman–Crippen MR) is 70.2 cm³/mol. The second-order valence-electron chi connectivity index (χ2n) is 4.86. The lowest BCUT2D eigenvalue weighted by molar-refractivity contribution is 0.0640. The van der Waals surface area contributed by atoms with Crippen molar-refractivity contribution in [2.24, 2.45) is 5.92 Å². The Balaban J connectivity index is 2.07. The predicted octanol–water partition coefficient (Wildman–Crippen LogP) is 0.935. The Hall–Kier alpha value is -1.49. The van der Waals surface area contributed by atoms with Crippen molar-refractivity contribution in [3.63, 3.8) is 0 Å². The smallest absolute Gasteiger partial charge is 0.270 e. The van der Waals surface area contributed by atoms with Crippen LogP contribution in [0.3, 0.4) is 0 Å². The van der Waals surface area contributed by atoms with E-state index in [0.717, 1.165) is 32.5 Å². The van der Waals surface area contributed by atoms with E-state index in [-0.39, 0.29) is 12.5 Å². The Morgan fingerprint density at radius 3 is 2.72 bits per heavy atom. The number of anilines is 1. The molecule has 0 unspecified atom stereocenters. The van der Waals surface area contributed by atoms with Crippen LogP contribution >= 0.6 is 0 Å². The van der Waals surface area contributed by atoms with Crippen molar-refractivity contribution in [2.45, 2.75) is 26.3 Å². The van der Waals surface area contributed by atoms with Crippen molar-refractivity contribution in [1.82, 2.24) is 9.47 Å². The first kappa shape index (κ1) is 13.0. The van der Waals surface area contributed by atoms with Gasteiger partial charge in [0.15, 0.2) is 0 Å². The van der Waals surface area contributed by atoms with E-state index in [1.165, 1.54) is 0 Å². The molecule has 2 rings (SSSR count). The molecule has 1 amide bonds. The molecule has 3 N–H and O–H groups in total. The lowest BCUT2D eigenvalue weighted by Crippen LogP contribution is -2.39. The van der Waals surface area contributed by atoms with E-state index >= 15 is 0 Å². The van der Waals surface area contributed by atoms with E-state index in [1.807, 2.05) is 16.4 Å². The van der Waals surface area contributed by atoms with Crippen LogP contribution in [0.25, 0.3) is 0 Å². The van der Waals surface area contributed by atoms with Crippen molar-refractivity contribution < 1.29 is 9.90 Å². The topological polar surface area (TPSA) is 71.5 Å². The standard InChI is InChI=1S/C13H21N3O2/c1-2-15-8-11(14)7-12(15)13(18)16-5-3-10(9-17)4-6-16/h7-8,10,17H,2-6,9,14H2,1H3. The Labute approximate surface area is 107 Å². The number of aliphatic hydroxyl groups excluding tert-OH is 1. The molecule has 0 radical (unpaired) electrons. The van der Waals surface area contributed by atoms with Gasteiger partial charge in [-0.15, -0.1) is 0 Å². The molecule has 1 fully saturated rings. The zero-order chi connectivity index (χ0) is 13.1. The molecule has 0 aromatic carbocycles. The number of carbonyl (C=O) groups excluding carboxylic acids is 1. The van der Waals surface area contributed by atoms with Crippen LogP contribution in [0.1, 0.15) is 30.3 Å². The quantitative estimate of drug-likeness (QED) is 0.839. The molecular weight excluding hydrogens is 230 g/mol. The first-order valence-electron chi connectivity index (χ1n) is 6.51. The number of carbonyl (C=O) groups is 1. The molecule has 0 bridgehead atoms. The highest BCUT2D eigenvalue weighted by molar-refractivity contribution is 5.93. The second-order valence-corrected chi connectivity index (χ2v) is 4.86. The molecule has 0 atom stereocenters. The Bertz CT molecular complexity index is 420. The van der Waals surface area contributed by atoms with E-state index < -0.39 is 0 Å². The van der Waals surface area contributed by atoms with Gasteiger partial charge in [-0.05, 0) is 31.7 Å². The summed E-state index contributed by atoms with van der Waals surface area (Å²) < 4.78 is 1.88. The summed E-state index contributed by atoms with van der Waals surface area (Å²) >= 11 is 0. The number of aryl methyl sites for hydroxylation is 1. The highest BCUT2D eigenvalue weighted by Gasteiger charge is 2.24. The van der Waals surface area contributed by atoms with Crippen LogP contribution in [0.15, 0.2) is 12.3 Å². The van der Waals surface area contributed by atoms with Gasteiger partial charge in [-0.2, -0.15) is 0 Å². The van der Waals surface area contributed by atoms with E-state index in [1.54, 1.807) is 12.3 Å². The number of nitrogens with zero attached hydrogens (tertiary/aromatic N) is 2. The minimum absolute atomic E-state index is 0.0462. The molecule has 1 saturated heterocycles. The van der Waals surface area contributed by atoms with Crippen molar-refractivity contribution in [1.29, 1.82) is 0 Å². The fraction of sp³-hybridized carbons (Fsp3) is 0.615. The molecule has 1 aromatic heterocycles. The maximum atomic E-state index is 12.4. The summed E-state index contributed by atoms with van der Waals surface area (Å²) in [6.45, 7) is 4.40. The number of amides is 1. The van der Waals surface area contributed by atoms with Crippen molar-refractivity contribution in [3.05, 3.63) is 18.0 Å². The molecule has 2 heterocycles. The molecule has 100 valence electrons. The third-order valence-corrected chi connectivity index (χ3v) is 3.64. The summed E-state index contributed by atoms with van der Waals surface area (Å²) in [6, 6.07) is 1.74. The van der Waals surface area contributed by atoms with Gasteiger partial charge in [0, 0.05) is 32.4 Å². The van der Waals surface area contributed by atoms with Crippen LogP contribution in [0.5, 0.6) is 0 Å². The van der Waals surface area contributed by atoms with Gasteiger partial charge in [0.05, 0.1) is 5.69 Å². The summed E-state index contributed by atoms with van der Waals surface area (Å²) in [7, 11) is 0.